The van der Waals surface area contributed by atoms with Crippen molar-refractivity contribution in [3.63, 3.8) is 0 Å². The molecule has 0 aliphatic carbocycles. The van der Waals surface area contributed by atoms with E-state index in [0.29, 0.717) is 22.0 Å². The molecular weight excluding hydrogens is 509 g/mol. The Morgan fingerprint density at radius 3 is 2.23 bits per heavy atom. The van der Waals surface area contributed by atoms with E-state index in [0.717, 1.165) is 22.5 Å². The molecule has 35 heavy (non-hydrogen) atoms. The van der Waals surface area contributed by atoms with E-state index in [1.807, 2.05) is 20.8 Å². The number of carbonyl (C=O) groups is 2. The third-order valence-corrected chi connectivity index (χ3v) is 7.72. The van der Waals surface area contributed by atoms with Crippen LogP contribution in [-0.4, -0.2) is 50.0 Å². The predicted molar refractivity (Wildman–Crippen MR) is 142 cm³/mol. The summed E-state index contributed by atoms with van der Waals surface area (Å²) in [6.07, 6.45) is 2.10. The van der Waals surface area contributed by atoms with Gasteiger partial charge in [0, 0.05) is 22.6 Å². The SMILES string of the molecule is CC[C@H](C)NC(=O)[C@H](CC)N(Cc1ccccc1Cl)C(=O)CN(c1ccc(C)c(Cl)c1)S(C)(=O)=O. The molecule has 0 aromatic heterocycles. The van der Waals surface area contributed by atoms with Gasteiger partial charge < -0.3 is 10.2 Å². The van der Waals surface area contributed by atoms with Crippen molar-refractivity contribution in [2.45, 2.75) is 59.2 Å². The summed E-state index contributed by atoms with van der Waals surface area (Å²) in [6, 6.07) is 11.0. The normalized spacial score (nSPS) is 13.1. The van der Waals surface area contributed by atoms with Gasteiger partial charge in [-0.05, 0) is 56.0 Å². The van der Waals surface area contributed by atoms with Gasteiger partial charge in [-0.15, -0.1) is 0 Å². The number of halogens is 2. The second-order valence-corrected chi connectivity index (χ2v) is 11.3. The highest BCUT2D eigenvalue weighted by Crippen LogP contribution is 2.26. The van der Waals surface area contributed by atoms with Crippen LogP contribution in [0.1, 0.15) is 44.7 Å². The number of benzene rings is 2. The monoisotopic (exact) mass is 541 g/mol. The Labute approximate surface area is 218 Å². The lowest BCUT2D eigenvalue weighted by Gasteiger charge is -2.33. The largest absolute Gasteiger partial charge is 0.352 e. The average molecular weight is 543 g/mol. The van der Waals surface area contributed by atoms with Crippen molar-refractivity contribution in [3.8, 4) is 0 Å². The standard InChI is InChI=1S/C25H33Cl2N3O4S/c1-6-18(4)28-25(32)23(7-2)29(15-19-10-8-9-11-21(19)26)24(31)16-30(35(5,33)34)20-13-12-17(3)22(27)14-20/h8-14,18,23H,6-7,15-16H2,1-5H3,(H,28,32)/t18-,23-/m0/s1. The fourth-order valence-electron chi connectivity index (χ4n) is 3.52. The van der Waals surface area contributed by atoms with Crippen LogP contribution in [0.3, 0.4) is 0 Å². The van der Waals surface area contributed by atoms with Gasteiger partial charge in [-0.25, -0.2) is 8.42 Å². The highest BCUT2D eigenvalue weighted by molar-refractivity contribution is 7.92. The third-order valence-electron chi connectivity index (χ3n) is 5.81. The van der Waals surface area contributed by atoms with Crippen LogP contribution >= 0.6 is 23.2 Å². The highest BCUT2D eigenvalue weighted by Gasteiger charge is 2.32. The molecule has 0 spiro atoms. The van der Waals surface area contributed by atoms with Crippen LogP contribution in [0.5, 0.6) is 0 Å². The number of sulfonamides is 1. The molecule has 2 rings (SSSR count). The first-order valence-electron chi connectivity index (χ1n) is 11.5. The third kappa shape index (κ3) is 7.85. The number of anilines is 1. The molecule has 0 aliphatic heterocycles. The minimum Gasteiger partial charge on any atom is -0.352 e. The number of carbonyl (C=O) groups excluding carboxylic acids is 2. The molecule has 10 heteroatoms. The van der Waals surface area contributed by atoms with E-state index in [9.17, 15) is 18.0 Å². The number of amides is 2. The van der Waals surface area contributed by atoms with E-state index in [4.69, 9.17) is 23.2 Å². The summed E-state index contributed by atoms with van der Waals surface area (Å²) in [5.74, 6) is -0.829. The van der Waals surface area contributed by atoms with Crippen LogP contribution in [0.25, 0.3) is 0 Å². The second-order valence-electron chi connectivity index (χ2n) is 8.56. The molecule has 2 aromatic rings. The topological polar surface area (TPSA) is 86.8 Å². The fourth-order valence-corrected chi connectivity index (χ4v) is 4.73. The number of nitrogens with one attached hydrogen (secondary N) is 1. The van der Waals surface area contributed by atoms with Gasteiger partial charge in [-0.3, -0.25) is 13.9 Å². The van der Waals surface area contributed by atoms with Crippen LogP contribution in [0.4, 0.5) is 5.69 Å². The van der Waals surface area contributed by atoms with Gasteiger partial charge in [0.25, 0.3) is 0 Å². The number of hydrogen-bond donors (Lipinski definition) is 1. The minimum absolute atomic E-state index is 0.0528. The van der Waals surface area contributed by atoms with Gasteiger partial charge in [0.15, 0.2) is 0 Å². The van der Waals surface area contributed by atoms with Gasteiger partial charge in [0.2, 0.25) is 21.8 Å². The van der Waals surface area contributed by atoms with Crippen LogP contribution < -0.4 is 9.62 Å². The lowest BCUT2D eigenvalue weighted by atomic mass is 10.1. The molecule has 0 heterocycles. The van der Waals surface area contributed by atoms with E-state index in [2.05, 4.69) is 5.32 Å². The summed E-state index contributed by atoms with van der Waals surface area (Å²) in [5.41, 5.74) is 1.70. The molecule has 2 amide bonds. The van der Waals surface area contributed by atoms with Crippen LogP contribution in [0.15, 0.2) is 42.5 Å². The van der Waals surface area contributed by atoms with E-state index < -0.39 is 28.5 Å². The Balaban J connectivity index is 2.47. The quantitative estimate of drug-likeness (QED) is 0.443. The molecule has 0 bridgehead atoms. The first-order valence-corrected chi connectivity index (χ1v) is 14.1. The molecule has 0 saturated heterocycles. The van der Waals surface area contributed by atoms with Crippen molar-refractivity contribution in [3.05, 3.63) is 63.6 Å². The van der Waals surface area contributed by atoms with E-state index in [1.54, 1.807) is 43.3 Å². The molecule has 0 saturated carbocycles. The minimum atomic E-state index is -3.83. The fraction of sp³-hybridized carbons (Fsp3) is 0.440. The lowest BCUT2D eigenvalue weighted by Crippen LogP contribution is -2.53. The van der Waals surface area contributed by atoms with Crippen molar-refractivity contribution < 1.29 is 18.0 Å². The molecule has 0 unspecified atom stereocenters. The predicted octanol–water partition coefficient (Wildman–Crippen LogP) is 4.79. The summed E-state index contributed by atoms with van der Waals surface area (Å²) in [7, 11) is -3.83. The first kappa shape index (κ1) is 28.9. The summed E-state index contributed by atoms with van der Waals surface area (Å²) < 4.78 is 26.3. The molecule has 2 atom stereocenters. The Morgan fingerprint density at radius 1 is 1.03 bits per heavy atom. The van der Waals surface area contributed by atoms with Crippen LogP contribution in [-0.2, 0) is 26.2 Å². The summed E-state index contributed by atoms with van der Waals surface area (Å²) in [5, 5.41) is 3.77. The molecule has 192 valence electrons. The molecule has 0 aliphatic rings. The van der Waals surface area contributed by atoms with Gasteiger partial charge in [0.1, 0.15) is 12.6 Å². The first-order chi connectivity index (χ1) is 16.4. The average Bonchev–Trinajstić information content (AvgIpc) is 2.79. The highest BCUT2D eigenvalue weighted by atomic mass is 35.5. The van der Waals surface area contributed by atoms with Crippen molar-refractivity contribution >= 4 is 50.7 Å². The maximum atomic E-state index is 13.7. The van der Waals surface area contributed by atoms with Gasteiger partial charge in [0.05, 0.1) is 11.9 Å². The van der Waals surface area contributed by atoms with E-state index in [1.165, 1.54) is 11.0 Å². The molecule has 0 fully saturated rings. The van der Waals surface area contributed by atoms with Crippen molar-refractivity contribution in [1.82, 2.24) is 10.2 Å². The summed E-state index contributed by atoms with van der Waals surface area (Å²) >= 11 is 12.6. The molecule has 0 radical (unpaired) electrons. The zero-order valence-corrected chi connectivity index (χ0v) is 23.0. The van der Waals surface area contributed by atoms with Gasteiger partial charge in [-0.1, -0.05) is 61.3 Å². The molecule has 1 N–H and O–H groups in total. The van der Waals surface area contributed by atoms with Gasteiger partial charge >= 0.3 is 0 Å². The summed E-state index contributed by atoms with van der Waals surface area (Å²) in [4.78, 5) is 28.2. The Kier molecular flexibility index (Phi) is 10.4. The second kappa shape index (κ2) is 12.6. The molecular formula is C25H33Cl2N3O4S. The number of nitrogens with zero attached hydrogens (tertiary/aromatic N) is 2. The maximum Gasteiger partial charge on any atom is 0.244 e. The Morgan fingerprint density at radius 2 is 1.69 bits per heavy atom. The summed E-state index contributed by atoms with van der Waals surface area (Å²) in [6.45, 7) is 7.01. The Hall–Kier alpha value is -2.29. The van der Waals surface area contributed by atoms with Crippen molar-refractivity contribution in [2.75, 3.05) is 17.1 Å². The molecule has 7 nitrogen and oxygen atoms in total. The van der Waals surface area contributed by atoms with Gasteiger partial charge in [-0.2, -0.15) is 0 Å². The Bertz CT molecular complexity index is 1160. The molecule has 2 aromatic carbocycles. The zero-order chi connectivity index (χ0) is 26.3. The van der Waals surface area contributed by atoms with E-state index >= 15 is 0 Å². The zero-order valence-electron chi connectivity index (χ0n) is 20.7. The van der Waals surface area contributed by atoms with E-state index in [-0.39, 0.29) is 24.2 Å². The smallest absolute Gasteiger partial charge is 0.244 e. The number of hydrogen-bond acceptors (Lipinski definition) is 4. The van der Waals surface area contributed by atoms with Crippen LogP contribution in [0, 0.1) is 6.92 Å². The number of rotatable bonds is 11. The van der Waals surface area contributed by atoms with Crippen LogP contribution in [0.2, 0.25) is 10.0 Å². The number of aryl methyl sites for hydroxylation is 1. The van der Waals surface area contributed by atoms with Crippen molar-refractivity contribution in [2.24, 2.45) is 0 Å². The maximum absolute atomic E-state index is 13.7. The lowest BCUT2D eigenvalue weighted by molar-refractivity contribution is -0.140. The van der Waals surface area contributed by atoms with Crippen molar-refractivity contribution in [1.29, 1.82) is 0 Å².